The van der Waals surface area contributed by atoms with Crippen LogP contribution in [0, 0.1) is 0 Å². The summed E-state index contributed by atoms with van der Waals surface area (Å²) in [6.45, 7) is 0. The lowest BCUT2D eigenvalue weighted by Gasteiger charge is -2.16. The Bertz CT molecular complexity index is 1030. The maximum absolute atomic E-state index is 12.4. The van der Waals surface area contributed by atoms with Gasteiger partial charge in [-0.3, -0.25) is 9.59 Å². The highest BCUT2D eigenvalue weighted by molar-refractivity contribution is 5.84. The zero-order valence-corrected chi connectivity index (χ0v) is 15.5. The van der Waals surface area contributed by atoms with E-state index in [0.717, 1.165) is 5.56 Å². The number of nitrogens with one attached hydrogen (secondary N) is 2. The van der Waals surface area contributed by atoms with E-state index in [9.17, 15) is 14.4 Å². The third-order valence-electron chi connectivity index (χ3n) is 4.36. The van der Waals surface area contributed by atoms with Crippen molar-refractivity contribution in [2.75, 3.05) is 7.11 Å². The van der Waals surface area contributed by atoms with Crippen LogP contribution >= 0.6 is 0 Å². The van der Waals surface area contributed by atoms with E-state index in [0.29, 0.717) is 17.5 Å². The van der Waals surface area contributed by atoms with Crippen molar-refractivity contribution in [2.45, 2.75) is 25.3 Å². The molecule has 1 aromatic heterocycles. The van der Waals surface area contributed by atoms with Gasteiger partial charge in [0.2, 0.25) is 5.91 Å². The first-order valence-electron chi connectivity index (χ1n) is 8.96. The number of rotatable bonds is 7. The molecule has 0 spiro atoms. The van der Waals surface area contributed by atoms with Crippen LogP contribution < -0.4 is 10.9 Å². The Morgan fingerprint density at radius 2 is 1.82 bits per heavy atom. The number of carbonyl (C=O) groups excluding carboxylic acids is 2. The molecule has 1 amide bonds. The number of amides is 1. The number of esters is 1. The van der Waals surface area contributed by atoms with E-state index >= 15 is 0 Å². The number of benzene rings is 2. The molecule has 0 fully saturated rings. The first-order chi connectivity index (χ1) is 13.6. The van der Waals surface area contributed by atoms with E-state index < -0.39 is 12.0 Å². The monoisotopic (exact) mass is 379 g/mol. The van der Waals surface area contributed by atoms with Crippen LogP contribution in [-0.2, 0) is 27.2 Å². The van der Waals surface area contributed by atoms with E-state index in [-0.39, 0.29) is 30.0 Å². The number of carbonyl (C=O) groups is 2. The van der Waals surface area contributed by atoms with Gasteiger partial charge in [-0.15, -0.1) is 0 Å². The molecule has 2 aromatic carbocycles. The molecule has 28 heavy (non-hydrogen) atoms. The third-order valence-corrected chi connectivity index (χ3v) is 4.36. The molecule has 0 saturated heterocycles. The summed E-state index contributed by atoms with van der Waals surface area (Å²) in [5.41, 5.74) is 2.18. The topological polar surface area (TPSA) is 101 Å². The summed E-state index contributed by atoms with van der Waals surface area (Å²) in [7, 11) is 1.28. The van der Waals surface area contributed by atoms with Gasteiger partial charge in [0.15, 0.2) is 0 Å². The fourth-order valence-corrected chi connectivity index (χ4v) is 2.92. The highest BCUT2D eigenvalue weighted by atomic mass is 16.5. The SMILES string of the molecule is COC(=O)[C@@H](Cc1ccccc1)NC(=O)CCc1nc2ccccc2[nH]c1=O. The van der Waals surface area contributed by atoms with Gasteiger partial charge in [0.25, 0.3) is 5.56 Å². The van der Waals surface area contributed by atoms with E-state index in [1.165, 1.54) is 7.11 Å². The quantitative estimate of drug-likeness (QED) is 0.609. The maximum atomic E-state index is 12.4. The van der Waals surface area contributed by atoms with Gasteiger partial charge < -0.3 is 15.0 Å². The molecule has 0 aliphatic rings. The highest BCUT2D eigenvalue weighted by Crippen LogP contribution is 2.08. The summed E-state index contributed by atoms with van der Waals surface area (Å²) in [4.78, 5) is 43.6. The molecular weight excluding hydrogens is 358 g/mol. The van der Waals surface area contributed by atoms with Crippen molar-refractivity contribution < 1.29 is 14.3 Å². The fourth-order valence-electron chi connectivity index (χ4n) is 2.92. The zero-order chi connectivity index (χ0) is 19.9. The van der Waals surface area contributed by atoms with Gasteiger partial charge >= 0.3 is 5.97 Å². The van der Waals surface area contributed by atoms with Crippen molar-refractivity contribution in [3.8, 4) is 0 Å². The number of nitrogens with zero attached hydrogens (tertiary/aromatic N) is 1. The lowest BCUT2D eigenvalue weighted by molar-refractivity contribution is -0.145. The molecule has 0 unspecified atom stereocenters. The first-order valence-corrected chi connectivity index (χ1v) is 8.96. The smallest absolute Gasteiger partial charge is 0.328 e. The Kier molecular flexibility index (Phi) is 6.16. The number of fused-ring (bicyclic) bond motifs is 1. The molecule has 2 N–H and O–H groups in total. The van der Waals surface area contributed by atoms with E-state index in [1.807, 2.05) is 42.5 Å². The second kappa shape index (κ2) is 8.94. The summed E-state index contributed by atoms with van der Waals surface area (Å²) in [5, 5.41) is 2.69. The lowest BCUT2D eigenvalue weighted by atomic mass is 10.1. The number of ether oxygens (including phenoxy) is 1. The van der Waals surface area contributed by atoms with Gasteiger partial charge in [0.05, 0.1) is 18.1 Å². The number of aromatic amines is 1. The van der Waals surface area contributed by atoms with Crippen molar-refractivity contribution >= 4 is 22.9 Å². The van der Waals surface area contributed by atoms with Gasteiger partial charge in [0, 0.05) is 19.3 Å². The van der Waals surface area contributed by atoms with Crippen LogP contribution in [0.25, 0.3) is 11.0 Å². The molecule has 144 valence electrons. The van der Waals surface area contributed by atoms with Crippen molar-refractivity contribution in [1.29, 1.82) is 0 Å². The Morgan fingerprint density at radius 1 is 1.11 bits per heavy atom. The largest absolute Gasteiger partial charge is 0.467 e. The first kappa shape index (κ1) is 19.3. The number of hydrogen-bond donors (Lipinski definition) is 2. The van der Waals surface area contributed by atoms with Gasteiger partial charge in [-0.05, 0) is 17.7 Å². The van der Waals surface area contributed by atoms with Gasteiger partial charge in [-0.1, -0.05) is 42.5 Å². The van der Waals surface area contributed by atoms with E-state index in [1.54, 1.807) is 12.1 Å². The number of para-hydroxylation sites is 2. The minimum atomic E-state index is -0.789. The maximum Gasteiger partial charge on any atom is 0.328 e. The van der Waals surface area contributed by atoms with Crippen molar-refractivity contribution in [3.63, 3.8) is 0 Å². The Morgan fingerprint density at radius 3 is 2.57 bits per heavy atom. The van der Waals surface area contributed by atoms with Crippen LogP contribution in [-0.4, -0.2) is 35.0 Å². The van der Waals surface area contributed by atoms with Crippen LogP contribution in [0.15, 0.2) is 59.4 Å². The van der Waals surface area contributed by atoms with Gasteiger partial charge in [-0.2, -0.15) is 0 Å². The molecule has 3 aromatic rings. The van der Waals surface area contributed by atoms with E-state index in [2.05, 4.69) is 15.3 Å². The number of aromatic nitrogens is 2. The number of methoxy groups -OCH3 is 1. The third kappa shape index (κ3) is 4.82. The van der Waals surface area contributed by atoms with Crippen molar-refractivity contribution in [3.05, 3.63) is 76.2 Å². The zero-order valence-electron chi connectivity index (χ0n) is 15.5. The van der Waals surface area contributed by atoms with Crippen LogP contribution in [0.3, 0.4) is 0 Å². The Hall–Kier alpha value is -3.48. The van der Waals surface area contributed by atoms with Crippen LogP contribution in [0.5, 0.6) is 0 Å². The molecule has 0 bridgehead atoms. The molecule has 3 rings (SSSR count). The minimum Gasteiger partial charge on any atom is -0.467 e. The summed E-state index contributed by atoms with van der Waals surface area (Å²) in [6.07, 6.45) is 0.538. The molecular formula is C21H21N3O4. The number of H-pyrrole nitrogens is 1. The number of hydrogen-bond acceptors (Lipinski definition) is 5. The molecule has 7 heteroatoms. The lowest BCUT2D eigenvalue weighted by Crippen LogP contribution is -2.43. The van der Waals surface area contributed by atoms with Crippen LogP contribution in [0.4, 0.5) is 0 Å². The van der Waals surface area contributed by atoms with Gasteiger partial charge in [0.1, 0.15) is 11.7 Å². The second-order valence-corrected chi connectivity index (χ2v) is 6.36. The molecule has 0 radical (unpaired) electrons. The Labute approximate surface area is 161 Å². The number of aryl methyl sites for hydroxylation is 1. The predicted molar refractivity (Wildman–Crippen MR) is 105 cm³/mol. The molecule has 7 nitrogen and oxygen atoms in total. The molecule has 1 atom stereocenters. The van der Waals surface area contributed by atoms with E-state index in [4.69, 9.17) is 4.74 Å². The average molecular weight is 379 g/mol. The Balaban J connectivity index is 1.65. The minimum absolute atomic E-state index is 0.0384. The molecule has 0 aliphatic carbocycles. The summed E-state index contributed by atoms with van der Waals surface area (Å²) >= 11 is 0. The highest BCUT2D eigenvalue weighted by Gasteiger charge is 2.22. The molecule has 1 heterocycles. The normalized spacial score (nSPS) is 11.8. The fraction of sp³-hybridized carbons (Fsp3) is 0.238. The van der Waals surface area contributed by atoms with Crippen molar-refractivity contribution in [1.82, 2.24) is 15.3 Å². The standard InChI is InChI=1S/C21H21N3O4/c1-28-21(27)18(13-14-7-3-2-4-8-14)23-19(25)12-11-17-20(26)24-16-10-6-5-9-15(16)22-17/h2-10,18H,11-13H2,1H3,(H,23,25)(H,24,26)/t18-/m1/s1. The summed E-state index contributed by atoms with van der Waals surface area (Å²) in [5.74, 6) is -0.862. The van der Waals surface area contributed by atoms with Gasteiger partial charge in [-0.25, -0.2) is 9.78 Å². The average Bonchev–Trinajstić information content (AvgIpc) is 2.72. The second-order valence-electron chi connectivity index (χ2n) is 6.36. The summed E-state index contributed by atoms with van der Waals surface area (Å²) in [6, 6.07) is 15.8. The van der Waals surface area contributed by atoms with Crippen molar-refractivity contribution in [2.24, 2.45) is 0 Å². The van der Waals surface area contributed by atoms with Crippen LogP contribution in [0.2, 0.25) is 0 Å². The van der Waals surface area contributed by atoms with Crippen LogP contribution in [0.1, 0.15) is 17.7 Å². The molecule has 0 aliphatic heterocycles. The summed E-state index contributed by atoms with van der Waals surface area (Å²) < 4.78 is 4.79. The predicted octanol–water partition coefficient (Wildman–Crippen LogP) is 1.76. The molecule has 0 saturated carbocycles.